The van der Waals surface area contributed by atoms with E-state index >= 15 is 0 Å². The van der Waals surface area contributed by atoms with Gasteiger partial charge in [0.25, 0.3) is 20.3 Å². The molecular formula is C21H33FN4O8S4. The van der Waals surface area contributed by atoms with Crippen LogP contribution in [0.15, 0.2) is 28.0 Å². The van der Waals surface area contributed by atoms with Crippen LogP contribution in [0, 0.1) is 29.0 Å². The molecule has 1 saturated carbocycles. The Morgan fingerprint density at radius 1 is 1.18 bits per heavy atom. The normalized spacial score (nSPS) is 18.2. The molecule has 1 fully saturated rings. The molecule has 0 aromatic heterocycles. The highest BCUT2D eigenvalue weighted by atomic mass is 32.2. The number of rotatable bonds is 11. The van der Waals surface area contributed by atoms with Crippen LogP contribution in [-0.4, -0.2) is 85.0 Å². The lowest BCUT2D eigenvalue weighted by atomic mass is 9.80. The number of sulfone groups is 1. The zero-order valence-electron chi connectivity index (χ0n) is 21.3. The number of hydrogen-bond donors (Lipinski definition) is 3. The zero-order valence-corrected chi connectivity index (χ0v) is 24.5. The number of benzene rings is 1. The summed E-state index contributed by atoms with van der Waals surface area (Å²) in [7, 11) is -8.28. The lowest BCUT2D eigenvalue weighted by Crippen LogP contribution is -2.39. The maximum Gasteiger partial charge on any atom is 0.278 e. The van der Waals surface area contributed by atoms with Crippen molar-refractivity contribution in [2.24, 2.45) is 11.8 Å². The van der Waals surface area contributed by atoms with Crippen molar-refractivity contribution >= 4 is 47.8 Å². The fraction of sp³-hybridized carbons (Fsp3) is 0.619. The number of thioether (sulfide) groups is 1. The third-order valence-corrected chi connectivity index (χ3v) is 9.83. The summed E-state index contributed by atoms with van der Waals surface area (Å²) in [6.07, 6.45) is 3.46. The highest BCUT2D eigenvalue weighted by Crippen LogP contribution is 2.33. The molecule has 1 aromatic rings. The van der Waals surface area contributed by atoms with E-state index in [1.54, 1.807) is 0 Å². The smallest absolute Gasteiger partial charge is 0.278 e. The van der Waals surface area contributed by atoms with Gasteiger partial charge in [-0.15, -0.1) is 11.8 Å². The van der Waals surface area contributed by atoms with Crippen molar-refractivity contribution in [3.8, 4) is 6.07 Å². The van der Waals surface area contributed by atoms with E-state index < -0.39 is 47.8 Å². The van der Waals surface area contributed by atoms with Gasteiger partial charge in [-0.05, 0) is 37.0 Å². The van der Waals surface area contributed by atoms with Crippen LogP contribution >= 0.6 is 11.8 Å². The lowest BCUT2D eigenvalue weighted by Gasteiger charge is -2.30. The van der Waals surface area contributed by atoms with E-state index in [2.05, 4.69) is 10.0 Å². The topological polar surface area (TPSA) is 191 Å². The molecule has 0 aliphatic heterocycles. The zero-order chi connectivity index (χ0) is 29.1. The highest BCUT2D eigenvalue weighted by Gasteiger charge is 2.34. The average Bonchev–Trinajstić information content (AvgIpc) is 2.80. The van der Waals surface area contributed by atoms with Gasteiger partial charge in [0, 0.05) is 37.2 Å². The van der Waals surface area contributed by atoms with Crippen molar-refractivity contribution in [2.75, 3.05) is 44.9 Å². The van der Waals surface area contributed by atoms with Gasteiger partial charge in [-0.2, -0.15) is 26.4 Å². The molecule has 0 saturated heterocycles. The second kappa shape index (κ2) is 15.1. The summed E-state index contributed by atoms with van der Waals surface area (Å²) in [6.45, 7) is -0.0443. The molecule has 216 valence electrons. The summed E-state index contributed by atoms with van der Waals surface area (Å²) in [5.74, 6) is -1.92. The Bertz CT molecular complexity index is 1300. The van der Waals surface area contributed by atoms with E-state index in [9.17, 15) is 34.4 Å². The molecule has 0 spiro atoms. The molecule has 0 radical (unpaired) electrons. The van der Waals surface area contributed by atoms with Crippen LogP contribution in [0.2, 0.25) is 0 Å². The Balaban J connectivity index is 0.00000132. The number of nitriles is 1. The molecule has 1 aliphatic carbocycles. The van der Waals surface area contributed by atoms with Crippen molar-refractivity contribution in [3.05, 3.63) is 24.0 Å². The van der Waals surface area contributed by atoms with Gasteiger partial charge < -0.3 is 5.32 Å². The molecular weight excluding hydrogens is 584 g/mol. The number of hydrogen-bond acceptors (Lipinski definition) is 9. The average molecular weight is 617 g/mol. The molecule has 3 N–H and O–H groups in total. The molecule has 12 nitrogen and oxygen atoms in total. The molecule has 17 heteroatoms. The van der Waals surface area contributed by atoms with Crippen LogP contribution in [0.25, 0.3) is 0 Å². The quantitative estimate of drug-likeness (QED) is 0.140. The van der Waals surface area contributed by atoms with Crippen LogP contribution in [0.1, 0.15) is 25.7 Å². The van der Waals surface area contributed by atoms with Gasteiger partial charge in [0.15, 0.2) is 9.84 Å². The first-order chi connectivity index (χ1) is 17.5. The van der Waals surface area contributed by atoms with Gasteiger partial charge in [-0.3, -0.25) is 9.35 Å². The molecule has 1 aromatic carbocycles. The van der Waals surface area contributed by atoms with Gasteiger partial charge in [0.05, 0.1) is 23.0 Å². The van der Waals surface area contributed by atoms with Gasteiger partial charge in [0.1, 0.15) is 12.4 Å². The number of carbonyl (C=O) groups excluding carboxylic acids is 1. The number of carbonyl (C=O) groups is 1. The van der Waals surface area contributed by atoms with Gasteiger partial charge in [0.2, 0.25) is 5.91 Å². The fourth-order valence-corrected chi connectivity index (χ4v) is 6.89. The third kappa shape index (κ3) is 12.4. The largest absolute Gasteiger partial charge is 0.343 e. The third-order valence-electron chi connectivity index (χ3n) is 5.41. The molecule has 38 heavy (non-hydrogen) atoms. The van der Waals surface area contributed by atoms with Crippen molar-refractivity contribution in [2.45, 2.75) is 35.5 Å². The Morgan fingerprint density at radius 3 is 2.34 bits per heavy atom. The predicted octanol–water partition coefficient (Wildman–Crippen LogP) is 1.04. The Morgan fingerprint density at radius 2 is 1.79 bits per heavy atom. The van der Waals surface area contributed by atoms with Gasteiger partial charge >= 0.3 is 0 Å². The molecule has 1 amide bonds. The van der Waals surface area contributed by atoms with Crippen molar-refractivity contribution in [3.63, 3.8) is 0 Å². The maximum atomic E-state index is 14.6. The summed E-state index contributed by atoms with van der Waals surface area (Å²) in [4.78, 5) is 12.4. The van der Waals surface area contributed by atoms with Gasteiger partial charge in [-0.1, -0.05) is 12.8 Å². The minimum Gasteiger partial charge on any atom is -0.343 e. The molecule has 0 bridgehead atoms. The van der Waals surface area contributed by atoms with Crippen LogP contribution in [0.4, 0.5) is 4.39 Å². The van der Waals surface area contributed by atoms with Crippen LogP contribution in [0.5, 0.6) is 0 Å². The lowest BCUT2D eigenvalue weighted by molar-refractivity contribution is -0.127. The van der Waals surface area contributed by atoms with Crippen LogP contribution in [0.3, 0.4) is 0 Å². The minimum absolute atomic E-state index is 0.0849. The predicted molar refractivity (Wildman–Crippen MR) is 141 cm³/mol. The summed E-state index contributed by atoms with van der Waals surface area (Å²) in [5, 5.41) is 11.2. The molecule has 2 rings (SSSR count). The first-order valence-electron chi connectivity index (χ1n) is 11.4. The van der Waals surface area contributed by atoms with Crippen molar-refractivity contribution in [1.29, 1.82) is 5.26 Å². The first kappa shape index (κ1) is 34.2. The second-order valence-corrected chi connectivity index (χ2v) is 15.3. The Labute approximate surface area is 228 Å². The van der Waals surface area contributed by atoms with E-state index in [-0.39, 0.29) is 40.3 Å². The standard InChI is InChI=1S/C20H29FN4O5S3.CH4O3S/c1-25(2)33(29,30)24-11-12-31-19-8-7-16(13-18(19)21)32(27,28)14-15-5-3-4-6-17(15)20(26)23-10-9-22;1-5(2,3)4/h7-8,13,15,17,24H,3-6,10-12,14H2,1-2H3,(H,23,26);1H3,(H,2,3,4)/t15-,17+;/m1./s1. The summed E-state index contributed by atoms with van der Waals surface area (Å²) < 4.78 is 93.1. The van der Waals surface area contributed by atoms with E-state index in [4.69, 9.17) is 9.81 Å². The SMILES string of the molecule is CN(C)S(=O)(=O)NCCSc1ccc(S(=O)(=O)C[C@H]2CCCC[C@@H]2C(=O)NCC#N)cc1F.CS(=O)(=O)O. The Kier molecular flexibility index (Phi) is 13.6. The highest BCUT2D eigenvalue weighted by molar-refractivity contribution is 7.99. The minimum atomic E-state index is -3.83. The van der Waals surface area contributed by atoms with E-state index in [0.717, 1.165) is 35.0 Å². The maximum absolute atomic E-state index is 14.6. The molecule has 0 heterocycles. The number of halogens is 1. The monoisotopic (exact) mass is 616 g/mol. The van der Waals surface area contributed by atoms with Crippen LogP contribution in [-0.2, 0) is 35.0 Å². The summed E-state index contributed by atoms with van der Waals surface area (Å²) in [6, 6.07) is 5.50. The first-order valence-corrected chi connectivity index (χ1v) is 17.3. The number of nitrogens with zero attached hydrogens (tertiary/aromatic N) is 2. The van der Waals surface area contributed by atoms with E-state index in [0.29, 0.717) is 19.1 Å². The molecule has 0 unspecified atom stereocenters. The second-order valence-electron chi connectivity index (χ2n) is 8.66. The van der Waals surface area contributed by atoms with Gasteiger partial charge in [-0.25, -0.2) is 17.5 Å². The fourth-order valence-electron chi connectivity index (χ4n) is 3.64. The van der Waals surface area contributed by atoms with Crippen molar-refractivity contribution in [1.82, 2.24) is 14.3 Å². The van der Waals surface area contributed by atoms with Crippen LogP contribution < -0.4 is 10.0 Å². The number of amides is 1. The Hall–Kier alpha value is -1.81. The molecule has 2 atom stereocenters. The summed E-state index contributed by atoms with van der Waals surface area (Å²) in [5.41, 5.74) is 0. The van der Waals surface area contributed by atoms with E-state index in [1.165, 1.54) is 26.2 Å². The number of nitrogens with one attached hydrogen (secondary N) is 2. The van der Waals surface area contributed by atoms with Crippen molar-refractivity contribution < 1.29 is 39.0 Å². The summed E-state index contributed by atoms with van der Waals surface area (Å²) >= 11 is 1.07. The van der Waals surface area contributed by atoms with E-state index in [1.807, 2.05) is 6.07 Å². The molecule has 1 aliphatic rings.